The third-order valence-electron chi connectivity index (χ3n) is 2.47. The first-order valence-corrected chi connectivity index (χ1v) is 5.91. The van der Waals surface area contributed by atoms with Gasteiger partial charge in [0.1, 0.15) is 19.2 Å². The lowest BCUT2D eigenvalue weighted by Gasteiger charge is -2.14. The molecule has 104 valence electrons. The lowest BCUT2D eigenvalue weighted by atomic mass is 10.2. The van der Waals surface area contributed by atoms with Crippen LogP contribution in [0.3, 0.4) is 0 Å². The zero-order chi connectivity index (χ0) is 14.3. The third kappa shape index (κ3) is 5.50. The highest BCUT2D eigenvalue weighted by Gasteiger charge is 2.19. The van der Waals surface area contributed by atoms with E-state index >= 15 is 0 Å². The number of nitrogens with two attached hydrogens (primary N) is 1. The molecule has 2 atom stereocenters. The number of hydrogen-bond acceptors (Lipinski definition) is 5. The normalized spacial score (nSPS) is 13.4. The van der Waals surface area contributed by atoms with Gasteiger partial charge in [-0.1, -0.05) is 30.3 Å². The van der Waals surface area contributed by atoms with Gasteiger partial charge in [-0.25, -0.2) is 0 Å². The van der Waals surface area contributed by atoms with Crippen LogP contribution in [0.15, 0.2) is 30.3 Å². The van der Waals surface area contributed by atoms with Crippen molar-refractivity contribution in [1.82, 2.24) is 5.32 Å². The van der Waals surface area contributed by atoms with E-state index in [0.29, 0.717) is 0 Å². The van der Waals surface area contributed by atoms with Crippen molar-refractivity contribution >= 4 is 11.9 Å². The van der Waals surface area contributed by atoms with Crippen LogP contribution in [0.1, 0.15) is 12.5 Å². The predicted octanol–water partition coefficient (Wildman–Crippen LogP) is -0.446. The number of ether oxygens (including phenoxy) is 1. The molecule has 0 bridgehead atoms. The fourth-order valence-electron chi connectivity index (χ4n) is 1.29. The molecule has 1 amide bonds. The Hall–Kier alpha value is -1.92. The van der Waals surface area contributed by atoms with Crippen LogP contribution in [-0.4, -0.2) is 35.7 Å². The largest absolute Gasteiger partial charge is 0.460 e. The van der Waals surface area contributed by atoms with Crippen LogP contribution in [-0.2, 0) is 20.9 Å². The summed E-state index contributed by atoms with van der Waals surface area (Å²) in [6.07, 6.45) is -0.972. The number of nitrogens with one attached hydrogen (secondary N) is 1. The van der Waals surface area contributed by atoms with Crippen molar-refractivity contribution in [3.63, 3.8) is 0 Å². The maximum absolute atomic E-state index is 11.4. The van der Waals surface area contributed by atoms with Crippen molar-refractivity contribution in [3.8, 4) is 0 Å². The molecular weight excluding hydrogens is 248 g/mol. The molecule has 19 heavy (non-hydrogen) atoms. The van der Waals surface area contributed by atoms with Gasteiger partial charge in [-0.3, -0.25) is 9.59 Å². The van der Waals surface area contributed by atoms with Crippen LogP contribution < -0.4 is 11.1 Å². The maximum atomic E-state index is 11.4. The Kier molecular flexibility index (Phi) is 5.98. The second-order valence-corrected chi connectivity index (χ2v) is 4.13. The van der Waals surface area contributed by atoms with Crippen molar-refractivity contribution in [2.75, 3.05) is 6.54 Å². The van der Waals surface area contributed by atoms with E-state index < -0.39 is 24.0 Å². The summed E-state index contributed by atoms with van der Waals surface area (Å²) in [7, 11) is 0. The summed E-state index contributed by atoms with van der Waals surface area (Å²) in [6.45, 7) is 1.28. The zero-order valence-corrected chi connectivity index (χ0v) is 10.7. The van der Waals surface area contributed by atoms with Crippen molar-refractivity contribution in [2.24, 2.45) is 5.73 Å². The number of aliphatic hydroxyl groups excluding tert-OH is 1. The van der Waals surface area contributed by atoms with E-state index in [0.717, 1.165) is 5.56 Å². The van der Waals surface area contributed by atoms with Gasteiger partial charge < -0.3 is 20.9 Å². The molecule has 0 heterocycles. The molecule has 0 aromatic heterocycles. The molecule has 1 aromatic carbocycles. The fraction of sp³-hybridized carbons (Fsp3) is 0.385. The van der Waals surface area contributed by atoms with Gasteiger partial charge in [-0.05, 0) is 12.5 Å². The number of carbonyl (C=O) groups excluding carboxylic acids is 2. The van der Waals surface area contributed by atoms with Crippen LogP contribution in [0.5, 0.6) is 0 Å². The van der Waals surface area contributed by atoms with Gasteiger partial charge in [0.25, 0.3) is 0 Å². The predicted molar refractivity (Wildman–Crippen MR) is 68.9 cm³/mol. The van der Waals surface area contributed by atoms with Crippen LogP contribution in [0, 0.1) is 0 Å². The summed E-state index contributed by atoms with van der Waals surface area (Å²) in [4.78, 5) is 22.7. The third-order valence-corrected chi connectivity index (χ3v) is 2.47. The molecule has 6 nitrogen and oxygen atoms in total. The number of carbonyl (C=O) groups is 2. The summed E-state index contributed by atoms with van der Waals surface area (Å²) in [5.41, 5.74) is 6.26. The van der Waals surface area contributed by atoms with Gasteiger partial charge in [-0.15, -0.1) is 0 Å². The minimum absolute atomic E-state index is 0.151. The van der Waals surface area contributed by atoms with E-state index in [-0.39, 0.29) is 13.2 Å². The molecule has 0 saturated carbocycles. The first kappa shape index (κ1) is 15.1. The number of rotatable bonds is 6. The zero-order valence-electron chi connectivity index (χ0n) is 10.7. The summed E-state index contributed by atoms with van der Waals surface area (Å²) in [5.74, 6) is -1.15. The molecule has 0 fully saturated rings. The summed E-state index contributed by atoms with van der Waals surface area (Å²) in [5, 5.41) is 11.4. The minimum atomic E-state index is -1.05. The Morgan fingerprint density at radius 2 is 2.00 bits per heavy atom. The lowest BCUT2D eigenvalue weighted by Crippen LogP contribution is -2.48. The van der Waals surface area contributed by atoms with Gasteiger partial charge in [0, 0.05) is 0 Å². The topological polar surface area (TPSA) is 102 Å². The van der Waals surface area contributed by atoms with E-state index in [2.05, 4.69) is 5.32 Å². The van der Waals surface area contributed by atoms with Crippen LogP contribution in [0.25, 0.3) is 0 Å². The number of esters is 1. The average Bonchev–Trinajstić information content (AvgIpc) is 2.42. The van der Waals surface area contributed by atoms with E-state index in [1.54, 1.807) is 0 Å². The summed E-state index contributed by atoms with van der Waals surface area (Å²) < 4.78 is 4.96. The van der Waals surface area contributed by atoms with E-state index in [1.807, 2.05) is 30.3 Å². The molecule has 6 heteroatoms. The monoisotopic (exact) mass is 266 g/mol. The summed E-state index contributed by atoms with van der Waals surface area (Å²) in [6, 6.07) is 8.15. The van der Waals surface area contributed by atoms with Crippen LogP contribution in [0.2, 0.25) is 0 Å². The van der Waals surface area contributed by atoms with Gasteiger partial charge in [-0.2, -0.15) is 0 Å². The van der Waals surface area contributed by atoms with Crippen LogP contribution in [0.4, 0.5) is 0 Å². The SMILES string of the molecule is C[C@@H](O)[C@H](N)C(=O)NCC(=O)OCc1ccccc1. The number of aliphatic hydroxyl groups is 1. The highest BCUT2D eigenvalue weighted by atomic mass is 16.5. The Balaban J connectivity index is 2.27. The van der Waals surface area contributed by atoms with Gasteiger partial charge >= 0.3 is 5.97 Å². The van der Waals surface area contributed by atoms with Crippen molar-refractivity contribution in [1.29, 1.82) is 0 Å². The smallest absolute Gasteiger partial charge is 0.325 e. The van der Waals surface area contributed by atoms with Crippen LogP contribution >= 0.6 is 0 Å². The Bertz CT molecular complexity index is 420. The Morgan fingerprint density at radius 1 is 1.37 bits per heavy atom. The average molecular weight is 266 g/mol. The fourth-order valence-corrected chi connectivity index (χ4v) is 1.29. The quantitative estimate of drug-likeness (QED) is 0.606. The summed E-state index contributed by atoms with van der Waals surface area (Å²) >= 11 is 0. The second kappa shape index (κ2) is 7.50. The maximum Gasteiger partial charge on any atom is 0.325 e. The molecule has 1 rings (SSSR count). The van der Waals surface area contributed by atoms with Crippen molar-refractivity contribution < 1.29 is 19.4 Å². The number of hydrogen-bond donors (Lipinski definition) is 3. The highest BCUT2D eigenvalue weighted by molar-refractivity contribution is 5.85. The molecule has 0 radical (unpaired) electrons. The molecular formula is C13H18N2O4. The van der Waals surface area contributed by atoms with Crippen molar-refractivity contribution in [3.05, 3.63) is 35.9 Å². The molecule has 0 aliphatic carbocycles. The molecule has 0 unspecified atom stereocenters. The lowest BCUT2D eigenvalue weighted by molar-refractivity contribution is -0.145. The molecule has 0 aliphatic heterocycles. The molecule has 0 spiro atoms. The van der Waals surface area contributed by atoms with Gasteiger partial charge in [0.2, 0.25) is 5.91 Å². The standard InChI is InChI=1S/C13H18N2O4/c1-9(16)12(14)13(18)15-7-11(17)19-8-10-5-3-2-4-6-10/h2-6,9,12,16H,7-8,14H2,1H3,(H,15,18)/t9-,12+/m1/s1. The number of benzene rings is 1. The van der Waals surface area contributed by atoms with Gasteiger partial charge in [0.05, 0.1) is 6.10 Å². The second-order valence-electron chi connectivity index (χ2n) is 4.13. The Labute approximate surface area is 111 Å². The molecule has 0 saturated heterocycles. The highest BCUT2D eigenvalue weighted by Crippen LogP contribution is 2.00. The number of amides is 1. The Morgan fingerprint density at radius 3 is 2.58 bits per heavy atom. The first-order chi connectivity index (χ1) is 9.00. The van der Waals surface area contributed by atoms with E-state index in [9.17, 15) is 9.59 Å². The minimum Gasteiger partial charge on any atom is -0.460 e. The van der Waals surface area contributed by atoms with Crippen molar-refractivity contribution in [2.45, 2.75) is 25.7 Å². The van der Waals surface area contributed by atoms with E-state index in [4.69, 9.17) is 15.6 Å². The molecule has 1 aromatic rings. The van der Waals surface area contributed by atoms with Gasteiger partial charge in [0.15, 0.2) is 0 Å². The molecule has 0 aliphatic rings. The first-order valence-electron chi connectivity index (χ1n) is 5.91. The van der Waals surface area contributed by atoms with E-state index in [1.165, 1.54) is 6.92 Å². The molecule has 4 N–H and O–H groups in total.